The first-order valence-corrected chi connectivity index (χ1v) is 9.86. The highest BCUT2D eigenvalue weighted by Gasteiger charge is 2.29. The lowest BCUT2D eigenvalue weighted by molar-refractivity contribution is 0.190. The van der Waals surface area contributed by atoms with E-state index in [9.17, 15) is 0 Å². The molecule has 1 N–H and O–H groups in total. The van der Waals surface area contributed by atoms with Crippen molar-refractivity contribution in [2.24, 2.45) is 0 Å². The van der Waals surface area contributed by atoms with E-state index in [2.05, 4.69) is 63.5 Å². The number of anilines is 1. The average Bonchev–Trinajstić information content (AvgIpc) is 3.42. The minimum absolute atomic E-state index is 0. The molecule has 2 aliphatic rings. The Hall–Kier alpha value is -2.35. The van der Waals surface area contributed by atoms with Crippen molar-refractivity contribution >= 4 is 18.1 Å². The Kier molecular flexibility index (Phi) is 5.63. The van der Waals surface area contributed by atoms with E-state index in [1.165, 1.54) is 11.3 Å². The fourth-order valence-electron chi connectivity index (χ4n) is 4.25. The molecule has 29 heavy (non-hydrogen) atoms. The van der Waals surface area contributed by atoms with Gasteiger partial charge in [-0.1, -0.05) is 23.4 Å². The number of nitrogens with one attached hydrogen (secondary N) is 1. The van der Waals surface area contributed by atoms with Crippen molar-refractivity contribution in [1.82, 2.24) is 20.4 Å². The number of hydrogen-bond donors (Lipinski definition) is 1. The lowest BCUT2D eigenvalue weighted by Crippen LogP contribution is -2.44. The lowest BCUT2D eigenvalue weighted by Gasteiger charge is -2.30. The van der Waals surface area contributed by atoms with E-state index < -0.39 is 0 Å². The quantitative estimate of drug-likeness (QED) is 0.701. The number of fused-ring (bicyclic) bond motifs is 1. The van der Waals surface area contributed by atoms with Crippen LogP contribution in [-0.2, 0) is 13.0 Å². The molecule has 0 saturated carbocycles. The summed E-state index contributed by atoms with van der Waals surface area (Å²) in [6, 6.07) is 11.0. The third-order valence-corrected chi connectivity index (χ3v) is 5.89. The average molecular weight is 416 g/mol. The van der Waals surface area contributed by atoms with Gasteiger partial charge in [0.2, 0.25) is 0 Å². The monoisotopic (exact) mass is 415 g/mol. The number of aromatic nitrogens is 2. The van der Waals surface area contributed by atoms with Gasteiger partial charge in [0.1, 0.15) is 5.76 Å². The van der Waals surface area contributed by atoms with E-state index in [4.69, 9.17) is 8.94 Å². The highest BCUT2D eigenvalue weighted by Crippen LogP contribution is 2.35. The lowest BCUT2D eigenvalue weighted by atomic mass is 10.1. The normalized spacial score (nSPS) is 21.8. The zero-order valence-electron chi connectivity index (χ0n) is 16.7. The predicted octanol–water partition coefficient (Wildman–Crippen LogP) is 3.28. The molecule has 4 heterocycles. The first-order chi connectivity index (χ1) is 13.7. The molecule has 2 atom stereocenters. The van der Waals surface area contributed by atoms with Crippen LogP contribution in [0.25, 0.3) is 11.5 Å². The van der Waals surface area contributed by atoms with E-state index >= 15 is 0 Å². The van der Waals surface area contributed by atoms with Crippen LogP contribution >= 0.6 is 12.4 Å². The number of likely N-dealkylation sites (N-methyl/N-ethyl adjacent to an activating group) is 1. The number of piperazine rings is 1. The van der Waals surface area contributed by atoms with Gasteiger partial charge in [-0.05, 0) is 38.1 Å². The highest BCUT2D eigenvalue weighted by atomic mass is 35.5. The Morgan fingerprint density at radius 3 is 2.97 bits per heavy atom. The molecular formula is C21H26ClN5O2. The van der Waals surface area contributed by atoms with E-state index in [-0.39, 0.29) is 18.4 Å². The molecule has 0 bridgehead atoms. The van der Waals surface area contributed by atoms with Crippen LogP contribution in [0.3, 0.4) is 0 Å². The Balaban J connectivity index is 0.00000205. The van der Waals surface area contributed by atoms with Gasteiger partial charge in [0, 0.05) is 31.4 Å². The first kappa shape index (κ1) is 19.9. The fourth-order valence-corrected chi connectivity index (χ4v) is 4.25. The van der Waals surface area contributed by atoms with Crippen LogP contribution in [0.2, 0.25) is 0 Å². The smallest absolute Gasteiger partial charge is 0.261 e. The van der Waals surface area contributed by atoms with Gasteiger partial charge in [0.05, 0.1) is 24.4 Å². The van der Waals surface area contributed by atoms with Gasteiger partial charge < -0.3 is 19.2 Å². The molecule has 8 heteroatoms. The molecule has 154 valence electrons. The van der Waals surface area contributed by atoms with Crippen LogP contribution in [0.15, 0.2) is 45.5 Å². The molecule has 1 aromatic carbocycles. The number of nitrogens with zero attached hydrogens (tertiary/aromatic N) is 4. The molecule has 3 aromatic rings. The molecule has 0 spiro atoms. The summed E-state index contributed by atoms with van der Waals surface area (Å²) in [4.78, 5) is 9.32. The van der Waals surface area contributed by atoms with Gasteiger partial charge >= 0.3 is 0 Å². The van der Waals surface area contributed by atoms with E-state index in [1.54, 1.807) is 6.26 Å². The summed E-state index contributed by atoms with van der Waals surface area (Å²) in [6.07, 6.45) is 2.76. The summed E-state index contributed by atoms with van der Waals surface area (Å²) >= 11 is 0. The van der Waals surface area contributed by atoms with Crippen molar-refractivity contribution in [1.29, 1.82) is 0 Å². The largest absolute Gasteiger partial charge is 0.467 e. The SMILES string of the molecule is CC1Cc2ccccc2N1Cc1occc1-c1nc(C2CNCCN2C)no1.Cl. The van der Waals surface area contributed by atoms with Crippen LogP contribution in [0.4, 0.5) is 5.69 Å². The van der Waals surface area contributed by atoms with Crippen LogP contribution in [0.5, 0.6) is 0 Å². The Morgan fingerprint density at radius 1 is 1.24 bits per heavy atom. The number of halogens is 1. The van der Waals surface area contributed by atoms with Crippen molar-refractivity contribution in [2.45, 2.75) is 32.0 Å². The summed E-state index contributed by atoms with van der Waals surface area (Å²) in [5, 5.41) is 7.64. The molecule has 2 unspecified atom stereocenters. The van der Waals surface area contributed by atoms with Crippen LogP contribution in [-0.4, -0.2) is 47.8 Å². The third-order valence-electron chi connectivity index (χ3n) is 5.89. The Labute approximate surface area is 176 Å². The van der Waals surface area contributed by atoms with Crippen molar-refractivity contribution < 1.29 is 8.94 Å². The minimum atomic E-state index is 0. The molecule has 1 saturated heterocycles. The van der Waals surface area contributed by atoms with Gasteiger partial charge in [0.15, 0.2) is 5.82 Å². The highest BCUT2D eigenvalue weighted by molar-refractivity contribution is 5.85. The van der Waals surface area contributed by atoms with Crippen molar-refractivity contribution in [2.75, 3.05) is 31.6 Å². The second-order valence-electron chi connectivity index (χ2n) is 7.73. The number of rotatable bonds is 4. The van der Waals surface area contributed by atoms with Crippen molar-refractivity contribution in [3.63, 3.8) is 0 Å². The van der Waals surface area contributed by atoms with Gasteiger partial charge in [-0.3, -0.25) is 4.90 Å². The van der Waals surface area contributed by atoms with Crippen molar-refractivity contribution in [3.05, 3.63) is 53.7 Å². The standard InChI is InChI=1S/C21H25N5O2.ClH/c1-14-11-15-5-3-4-6-17(15)26(14)13-19-16(7-10-27-19)21-23-20(24-28-21)18-12-22-8-9-25(18)2;/h3-7,10,14,18,22H,8-9,11-13H2,1-2H3;1H. The summed E-state index contributed by atoms with van der Waals surface area (Å²) in [6.45, 7) is 5.72. The number of para-hydroxylation sites is 1. The van der Waals surface area contributed by atoms with Gasteiger partial charge in [-0.15, -0.1) is 12.4 Å². The summed E-state index contributed by atoms with van der Waals surface area (Å²) in [5.41, 5.74) is 3.54. The molecule has 2 aliphatic heterocycles. The minimum Gasteiger partial charge on any atom is -0.467 e. The second-order valence-corrected chi connectivity index (χ2v) is 7.73. The maximum absolute atomic E-state index is 5.83. The molecule has 2 aromatic heterocycles. The van der Waals surface area contributed by atoms with Crippen molar-refractivity contribution in [3.8, 4) is 11.5 Å². The molecular weight excluding hydrogens is 390 g/mol. The Bertz CT molecular complexity index is 971. The summed E-state index contributed by atoms with van der Waals surface area (Å²) in [5.74, 6) is 2.10. The van der Waals surface area contributed by atoms with Crippen LogP contribution < -0.4 is 10.2 Å². The predicted molar refractivity (Wildman–Crippen MR) is 113 cm³/mol. The topological polar surface area (TPSA) is 70.6 Å². The second kappa shape index (κ2) is 8.18. The molecule has 0 amide bonds. The molecule has 5 rings (SSSR count). The van der Waals surface area contributed by atoms with E-state index in [0.29, 0.717) is 18.5 Å². The number of hydrogen-bond acceptors (Lipinski definition) is 7. The number of benzene rings is 1. The maximum atomic E-state index is 5.83. The Morgan fingerprint density at radius 2 is 2.10 bits per heavy atom. The van der Waals surface area contributed by atoms with Gasteiger partial charge in [-0.2, -0.15) is 4.98 Å². The number of furan rings is 1. The molecule has 0 aliphatic carbocycles. The van der Waals surface area contributed by atoms with Crippen LogP contribution in [0.1, 0.15) is 30.1 Å². The zero-order chi connectivity index (χ0) is 19.1. The summed E-state index contributed by atoms with van der Waals surface area (Å²) < 4.78 is 11.4. The van der Waals surface area contributed by atoms with Gasteiger partial charge in [0.25, 0.3) is 5.89 Å². The summed E-state index contributed by atoms with van der Waals surface area (Å²) in [7, 11) is 2.09. The van der Waals surface area contributed by atoms with Gasteiger partial charge in [-0.25, -0.2) is 0 Å². The first-order valence-electron chi connectivity index (χ1n) is 9.86. The van der Waals surface area contributed by atoms with Crippen LogP contribution in [0, 0.1) is 0 Å². The molecule has 7 nitrogen and oxygen atoms in total. The van der Waals surface area contributed by atoms with E-state index in [0.717, 1.165) is 43.2 Å². The maximum Gasteiger partial charge on any atom is 0.261 e. The fraction of sp³-hybridized carbons (Fsp3) is 0.429. The third kappa shape index (κ3) is 3.66. The molecule has 1 fully saturated rings. The van der Waals surface area contributed by atoms with E-state index in [1.807, 2.05) is 6.07 Å². The molecule has 0 radical (unpaired) electrons. The zero-order valence-corrected chi connectivity index (χ0v) is 17.5.